The van der Waals surface area contributed by atoms with Gasteiger partial charge in [0.25, 0.3) is 0 Å². The first-order valence-electron chi connectivity index (χ1n) is 10.9. The van der Waals surface area contributed by atoms with Crippen LogP contribution in [-0.2, 0) is 20.7 Å². The van der Waals surface area contributed by atoms with Crippen LogP contribution in [-0.4, -0.2) is 96.1 Å². The Labute approximate surface area is 183 Å². The third-order valence-corrected chi connectivity index (χ3v) is 5.73. The van der Waals surface area contributed by atoms with E-state index >= 15 is 0 Å². The third-order valence-electron chi connectivity index (χ3n) is 5.73. The smallest absolute Gasteiger partial charge is 0.321 e. The molecule has 2 saturated heterocycles. The molecular weight excluding hydrogens is 398 g/mol. The molecule has 31 heavy (non-hydrogen) atoms. The van der Waals surface area contributed by atoms with E-state index in [9.17, 15) is 14.4 Å². The number of rotatable bonds is 10. The zero-order valence-electron chi connectivity index (χ0n) is 18.6. The van der Waals surface area contributed by atoms with Crippen molar-refractivity contribution < 1.29 is 19.1 Å². The van der Waals surface area contributed by atoms with Crippen LogP contribution < -0.4 is 5.32 Å². The van der Waals surface area contributed by atoms with Crippen LogP contribution in [0.2, 0.25) is 0 Å². The highest BCUT2D eigenvalue weighted by atomic mass is 16.5. The lowest BCUT2D eigenvalue weighted by molar-refractivity contribution is -0.143. The number of pyridine rings is 1. The van der Waals surface area contributed by atoms with E-state index in [2.05, 4.69) is 10.3 Å². The van der Waals surface area contributed by atoms with Gasteiger partial charge < -0.3 is 24.8 Å². The number of methoxy groups -OCH3 is 1. The van der Waals surface area contributed by atoms with Crippen molar-refractivity contribution in [2.24, 2.45) is 5.92 Å². The van der Waals surface area contributed by atoms with Crippen LogP contribution in [0.25, 0.3) is 0 Å². The fourth-order valence-corrected chi connectivity index (χ4v) is 4.27. The van der Waals surface area contributed by atoms with Crippen LogP contribution in [0.15, 0.2) is 24.5 Å². The lowest BCUT2D eigenvalue weighted by Crippen LogP contribution is -2.61. The number of amides is 4. The normalized spacial score (nSPS) is 21.1. The summed E-state index contributed by atoms with van der Waals surface area (Å²) in [6.07, 6.45) is 4.77. The van der Waals surface area contributed by atoms with E-state index in [0.717, 1.165) is 5.56 Å². The van der Waals surface area contributed by atoms with Gasteiger partial charge in [0.1, 0.15) is 12.6 Å². The first-order chi connectivity index (χ1) is 14.9. The van der Waals surface area contributed by atoms with Gasteiger partial charge >= 0.3 is 6.03 Å². The Morgan fingerprint density at radius 2 is 2.06 bits per heavy atom. The van der Waals surface area contributed by atoms with E-state index in [-0.39, 0.29) is 36.3 Å². The van der Waals surface area contributed by atoms with Crippen molar-refractivity contribution >= 4 is 17.8 Å². The molecule has 3 rings (SSSR count). The number of ether oxygens (including phenoxy) is 1. The number of carbonyl (C=O) groups is 3. The number of fused-ring (bicyclic) bond motifs is 1. The Morgan fingerprint density at radius 1 is 1.29 bits per heavy atom. The first-order valence-corrected chi connectivity index (χ1v) is 10.9. The molecule has 2 atom stereocenters. The van der Waals surface area contributed by atoms with E-state index in [0.29, 0.717) is 45.6 Å². The van der Waals surface area contributed by atoms with Crippen LogP contribution in [0.4, 0.5) is 4.79 Å². The third kappa shape index (κ3) is 5.72. The molecule has 0 spiro atoms. The first kappa shape index (κ1) is 23.0. The Balaban J connectivity index is 1.59. The van der Waals surface area contributed by atoms with Crippen LogP contribution in [0.1, 0.15) is 25.8 Å². The molecule has 0 aromatic carbocycles. The predicted molar refractivity (Wildman–Crippen MR) is 115 cm³/mol. The maximum absolute atomic E-state index is 13.1. The summed E-state index contributed by atoms with van der Waals surface area (Å²) in [5.74, 6) is 0.0489. The largest absolute Gasteiger partial charge is 0.383 e. The Kier molecular flexibility index (Phi) is 7.84. The Bertz CT molecular complexity index is 772. The quantitative estimate of drug-likeness (QED) is 0.590. The number of carbonyl (C=O) groups excluding carboxylic acids is 3. The molecule has 2 fully saturated rings. The molecule has 170 valence electrons. The van der Waals surface area contributed by atoms with Gasteiger partial charge in [-0.15, -0.1) is 0 Å². The van der Waals surface area contributed by atoms with Crippen molar-refractivity contribution in [3.8, 4) is 0 Å². The van der Waals surface area contributed by atoms with Gasteiger partial charge in [0.05, 0.1) is 12.6 Å². The van der Waals surface area contributed by atoms with Gasteiger partial charge in [-0.1, -0.05) is 19.9 Å². The summed E-state index contributed by atoms with van der Waals surface area (Å²) in [4.78, 5) is 47.7. The molecule has 2 aliphatic heterocycles. The van der Waals surface area contributed by atoms with E-state index in [1.54, 1.807) is 34.2 Å². The lowest BCUT2D eigenvalue weighted by Gasteiger charge is -2.42. The number of piperazine rings is 1. The summed E-state index contributed by atoms with van der Waals surface area (Å²) in [7, 11) is 1.61. The molecule has 9 heteroatoms. The van der Waals surface area contributed by atoms with Crippen molar-refractivity contribution in [3.05, 3.63) is 30.1 Å². The van der Waals surface area contributed by atoms with Crippen LogP contribution in [0.3, 0.4) is 0 Å². The highest BCUT2D eigenvalue weighted by molar-refractivity contribution is 5.91. The Morgan fingerprint density at radius 3 is 2.74 bits per heavy atom. The van der Waals surface area contributed by atoms with Gasteiger partial charge in [-0.3, -0.25) is 14.6 Å². The molecule has 3 heterocycles. The highest BCUT2D eigenvalue weighted by Gasteiger charge is 2.49. The predicted octanol–water partition coefficient (Wildman–Crippen LogP) is 0.750. The SMILES string of the molecule is COCCN1CC2CN(CC(=O)NCCc3cccnc3)C(=O)N2C(CC(C)C)C1=O. The molecule has 9 nitrogen and oxygen atoms in total. The van der Waals surface area contributed by atoms with E-state index in [1.165, 1.54) is 0 Å². The summed E-state index contributed by atoms with van der Waals surface area (Å²) in [6.45, 7) is 6.47. The van der Waals surface area contributed by atoms with Crippen LogP contribution in [0, 0.1) is 5.92 Å². The number of aromatic nitrogens is 1. The van der Waals surface area contributed by atoms with Crippen molar-refractivity contribution in [1.29, 1.82) is 0 Å². The molecule has 1 aromatic heterocycles. The average molecular weight is 432 g/mol. The van der Waals surface area contributed by atoms with Gasteiger partial charge in [0, 0.05) is 45.7 Å². The number of nitrogens with one attached hydrogen (secondary N) is 1. The summed E-state index contributed by atoms with van der Waals surface area (Å²) in [5.41, 5.74) is 1.04. The topological polar surface area (TPSA) is 95.1 Å². The van der Waals surface area contributed by atoms with Crippen molar-refractivity contribution in [1.82, 2.24) is 25.0 Å². The fourth-order valence-electron chi connectivity index (χ4n) is 4.27. The lowest BCUT2D eigenvalue weighted by atomic mass is 9.97. The molecule has 2 unspecified atom stereocenters. The molecule has 1 aromatic rings. The van der Waals surface area contributed by atoms with E-state index in [4.69, 9.17) is 4.74 Å². The van der Waals surface area contributed by atoms with Gasteiger partial charge in [-0.2, -0.15) is 0 Å². The summed E-state index contributed by atoms with van der Waals surface area (Å²) >= 11 is 0. The van der Waals surface area contributed by atoms with Crippen molar-refractivity contribution in [3.63, 3.8) is 0 Å². The molecule has 0 saturated carbocycles. The zero-order valence-corrected chi connectivity index (χ0v) is 18.6. The average Bonchev–Trinajstić information content (AvgIpc) is 3.04. The highest BCUT2D eigenvalue weighted by Crippen LogP contribution is 2.28. The van der Waals surface area contributed by atoms with Gasteiger partial charge in [-0.05, 0) is 30.4 Å². The standard InChI is InChI=1S/C22H33N5O4/c1-16(2)11-19-21(29)25(9-10-31-3)13-18-14-26(22(30)27(18)19)15-20(28)24-8-6-17-5-4-7-23-12-17/h4-5,7,12,16,18-19H,6,8-11,13-15H2,1-3H3,(H,24,28). The molecule has 0 aliphatic carbocycles. The summed E-state index contributed by atoms with van der Waals surface area (Å²) in [6, 6.07) is 3.01. The van der Waals surface area contributed by atoms with Gasteiger partial charge in [0.15, 0.2) is 0 Å². The molecule has 0 radical (unpaired) electrons. The molecule has 0 bridgehead atoms. The maximum Gasteiger partial charge on any atom is 0.321 e. The van der Waals surface area contributed by atoms with E-state index < -0.39 is 6.04 Å². The van der Waals surface area contributed by atoms with Gasteiger partial charge in [-0.25, -0.2) is 4.79 Å². The minimum atomic E-state index is -0.484. The molecule has 2 aliphatic rings. The molecular formula is C22H33N5O4. The minimum absolute atomic E-state index is 0.000463. The number of hydrogen-bond donors (Lipinski definition) is 1. The fraction of sp³-hybridized carbons (Fsp3) is 0.636. The Hall–Kier alpha value is -2.68. The van der Waals surface area contributed by atoms with Crippen molar-refractivity contribution in [2.75, 3.05) is 46.4 Å². The molecule has 4 amide bonds. The zero-order chi connectivity index (χ0) is 22.4. The second-order valence-electron chi connectivity index (χ2n) is 8.61. The monoisotopic (exact) mass is 431 g/mol. The van der Waals surface area contributed by atoms with Gasteiger partial charge in [0.2, 0.25) is 11.8 Å². The summed E-state index contributed by atoms with van der Waals surface area (Å²) < 4.78 is 5.14. The second-order valence-corrected chi connectivity index (χ2v) is 8.61. The van der Waals surface area contributed by atoms with Crippen molar-refractivity contribution in [2.45, 2.75) is 38.8 Å². The maximum atomic E-state index is 13.1. The second kappa shape index (κ2) is 10.6. The number of urea groups is 1. The number of hydrogen-bond acceptors (Lipinski definition) is 5. The minimum Gasteiger partial charge on any atom is -0.383 e. The summed E-state index contributed by atoms with van der Waals surface area (Å²) in [5, 5.41) is 2.88. The number of nitrogens with zero attached hydrogens (tertiary/aromatic N) is 4. The van der Waals surface area contributed by atoms with Crippen LogP contribution >= 0.6 is 0 Å². The van der Waals surface area contributed by atoms with Crippen LogP contribution in [0.5, 0.6) is 0 Å². The molecule has 1 N–H and O–H groups in total. The van der Waals surface area contributed by atoms with E-state index in [1.807, 2.05) is 26.0 Å².